The molecule has 1 saturated carbocycles. The molecule has 4 rings (SSSR count). The Kier molecular flexibility index (Phi) is 9.01. The normalized spacial score (nSPS) is 17.4. The second-order valence-corrected chi connectivity index (χ2v) is 10.5. The van der Waals surface area contributed by atoms with Gasteiger partial charge in [0.2, 0.25) is 5.91 Å². The van der Waals surface area contributed by atoms with Gasteiger partial charge in [0.25, 0.3) is 0 Å². The zero-order valence-electron chi connectivity index (χ0n) is 20.8. The van der Waals surface area contributed by atoms with Crippen molar-refractivity contribution in [2.45, 2.75) is 71.1 Å². The molecule has 2 heterocycles. The van der Waals surface area contributed by atoms with Crippen LogP contribution in [0.5, 0.6) is 0 Å². The van der Waals surface area contributed by atoms with E-state index in [0.717, 1.165) is 54.0 Å². The molecule has 1 fully saturated rings. The van der Waals surface area contributed by atoms with Crippen LogP contribution in [0.15, 0.2) is 36.5 Å². The van der Waals surface area contributed by atoms with Crippen LogP contribution < -0.4 is 5.32 Å². The Bertz CT molecular complexity index is 1190. The van der Waals surface area contributed by atoms with Crippen LogP contribution in [0.25, 0.3) is 11.3 Å². The van der Waals surface area contributed by atoms with Gasteiger partial charge in [0.15, 0.2) is 5.78 Å². The van der Waals surface area contributed by atoms with Crippen LogP contribution in [0.4, 0.5) is 5.00 Å². The van der Waals surface area contributed by atoms with Crippen molar-refractivity contribution in [1.29, 1.82) is 5.26 Å². The van der Waals surface area contributed by atoms with Crippen molar-refractivity contribution in [2.24, 2.45) is 11.8 Å². The minimum Gasteiger partial charge on any atom is -0.315 e. The maximum atomic E-state index is 12.7. The fraction of sp³-hybridized carbons (Fsp3) is 0.464. The van der Waals surface area contributed by atoms with Gasteiger partial charge in [0.1, 0.15) is 16.6 Å². The number of nitrogens with zero attached hydrogens (tertiary/aromatic N) is 3. The first-order valence-corrected chi connectivity index (χ1v) is 13.6. The van der Waals surface area contributed by atoms with E-state index in [1.165, 1.54) is 25.7 Å². The van der Waals surface area contributed by atoms with E-state index in [9.17, 15) is 14.9 Å². The summed E-state index contributed by atoms with van der Waals surface area (Å²) in [5, 5.41) is 19.6. The van der Waals surface area contributed by atoms with Crippen molar-refractivity contribution in [3.8, 4) is 17.3 Å². The molecule has 7 nitrogen and oxygen atoms in total. The number of hydrogen-bond acceptors (Lipinski definition) is 6. The van der Waals surface area contributed by atoms with Gasteiger partial charge in [0.05, 0.1) is 11.4 Å². The summed E-state index contributed by atoms with van der Waals surface area (Å²) >= 11 is 1.16. The number of carbonyl (C=O) groups excluding carboxylic acids is 2. The summed E-state index contributed by atoms with van der Waals surface area (Å²) in [6, 6.07) is 11.8. The Hall–Kier alpha value is -3.31. The average molecular weight is 504 g/mol. The molecule has 2 N–H and O–H groups in total. The lowest BCUT2D eigenvalue weighted by Gasteiger charge is -2.31. The number of rotatable bonds is 11. The Morgan fingerprint density at radius 3 is 2.42 bits per heavy atom. The molecule has 0 spiro atoms. The number of carbonyl (C=O) groups is 2. The molecular formula is C28H33N5O2S. The average Bonchev–Trinajstić information content (AvgIpc) is 3.55. The highest BCUT2D eigenvalue weighted by molar-refractivity contribution is 7.10. The second-order valence-electron chi connectivity index (χ2n) is 9.69. The molecule has 0 bridgehead atoms. The predicted octanol–water partition coefficient (Wildman–Crippen LogP) is 6.68. The Labute approximate surface area is 216 Å². The van der Waals surface area contributed by atoms with Crippen LogP contribution in [0, 0.1) is 30.1 Å². The van der Waals surface area contributed by atoms with Crippen molar-refractivity contribution in [3.63, 3.8) is 0 Å². The minimum atomic E-state index is -0.0494. The monoisotopic (exact) mass is 503 g/mol. The van der Waals surface area contributed by atoms with Crippen molar-refractivity contribution < 1.29 is 9.59 Å². The molecule has 1 aliphatic carbocycles. The third-order valence-electron chi connectivity index (χ3n) is 7.27. The van der Waals surface area contributed by atoms with E-state index < -0.39 is 0 Å². The van der Waals surface area contributed by atoms with Crippen molar-refractivity contribution in [3.05, 3.63) is 53.3 Å². The number of aromatic nitrogens is 3. The number of benzene rings is 1. The highest BCUT2D eigenvalue weighted by atomic mass is 32.1. The number of aromatic amines is 1. The van der Waals surface area contributed by atoms with E-state index >= 15 is 0 Å². The zero-order valence-corrected chi connectivity index (χ0v) is 21.6. The molecular weight excluding hydrogens is 470 g/mol. The van der Waals surface area contributed by atoms with Crippen LogP contribution in [0.2, 0.25) is 0 Å². The van der Waals surface area contributed by atoms with E-state index in [0.29, 0.717) is 40.9 Å². The number of hydrogen-bond donors (Lipinski definition) is 2. The van der Waals surface area contributed by atoms with Gasteiger partial charge in [0, 0.05) is 24.6 Å². The second kappa shape index (κ2) is 12.6. The summed E-state index contributed by atoms with van der Waals surface area (Å²) < 4.78 is 4.16. The largest absolute Gasteiger partial charge is 0.315 e. The summed E-state index contributed by atoms with van der Waals surface area (Å²) in [6.07, 6.45) is 11.5. The van der Waals surface area contributed by atoms with Gasteiger partial charge in [-0.2, -0.15) is 14.7 Å². The topological polar surface area (TPSA) is 112 Å². The van der Waals surface area contributed by atoms with Gasteiger partial charge in [-0.05, 0) is 67.6 Å². The lowest BCUT2D eigenvalue weighted by atomic mass is 9.74. The number of nitriles is 1. The van der Waals surface area contributed by atoms with E-state index in [1.54, 1.807) is 13.1 Å². The summed E-state index contributed by atoms with van der Waals surface area (Å²) in [5.41, 5.74) is 3.85. The molecule has 3 aromatic rings. The molecule has 1 amide bonds. The van der Waals surface area contributed by atoms with Crippen molar-refractivity contribution >= 4 is 28.2 Å². The van der Waals surface area contributed by atoms with E-state index in [1.807, 2.05) is 30.3 Å². The Morgan fingerprint density at radius 2 is 1.78 bits per heavy atom. The highest BCUT2D eigenvalue weighted by Gasteiger charge is 2.25. The number of ketones is 1. The van der Waals surface area contributed by atoms with E-state index in [4.69, 9.17) is 0 Å². The van der Waals surface area contributed by atoms with Crippen LogP contribution >= 0.6 is 11.5 Å². The van der Waals surface area contributed by atoms with E-state index in [-0.39, 0.29) is 11.7 Å². The molecule has 0 radical (unpaired) electrons. The first kappa shape index (κ1) is 25.8. The van der Waals surface area contributed by atoms with Crippen molar-refractivity contribution in [2.75, 3.05) is 5.32 Å². The summed E-state index contributed by atoms with van der Waals surface area (Å²) in [5.74, 6) is 1.40. The molecule has 0 aliphatic heterocycles. The number of nitrogens with one attached hydrogen (secondary N) is 2. The highest BCUT2D eigenvalue weighted by Crippen LogP contribution is 2.37. The van der Waals surface area contributed by atoms with E-state index in [2.05, 4.69) is 26.0 Å². The molecule has 36 heavy (non-hydrogen) atoms. The third-order valence-corrected chi connectivity index (χ3v) is 8.12. The van der Waals surface area contributed by atoms with Crippen LogP contribution in [-0.4, -0.2) is 26.3 Å². The van der Waals surface area contributed by atoms with Gasteiger partial charge < -0.3 is 5.32 Å². The number of Topliss-reactive ketones (excluding diaryl/α,β-unsaturated/α-hetero) is 1. The molecule has 1 aromatic carbocycles. The Balaban J connectivity index is 1.19. The molecule has 2 unspecified atom stereocenters. The SMILES string of the molecule is Cc1nsc(NC(=O)CCCC2CCCCC2CCCC(=O)c2ccc(-c3ccn[nH]3)cc2)c1C#N. The standard InChI is InChI=1S/C28H33N5O2S/c1-19-24(18-29)28(36-33-19)31-27(35)11-5-9-21-7-3-2-6-20(21)8-4-10-26(34)23-14-12-22(13-15-23)25-16-17-30-32-25/h12-17,20-21H,2-11H2,1H3,(H,30,32)(H,31,35). The number of amides is 1. The lowest BCUT2D eigenvalue weighted by Crippen LogP contribution is -2.20. The number of H-pyrrole nitrogens is 1. The zero-order chi connectivity index (χ0) is 25.3. The Morgan fingerprint density at radius 1 is 1.08 bits per heavy atom. The molecule has 8 heteroatoms. The molecule has 2 atom stereocenters. The van der Waals surface area contributed by atoms with Gasteiger partial charge in [-0.25, -0.2) is 0 Å². The molecule has 0 saturated heterocycles. The maximum Gasteiger partial charge on any atom is 0.225 e. The molecule has 1 aliphatic rings. The van der Waals surface area contributed by atoms with Crippen molar-refractivity contribution in [1.82, 2.24) is 14.6 Å². The summed E-state index contributed by atoms with van der Waals surface area (Å²) in [4.78, 5) is 25.1. The molecule has 188 valence electrons. The van der Waals surface area contributed by atoms with Gasteiger partial charge in [-0.3, -0.25) is 14.7 Å². The minimum absolute atomic E-state index is 0.0494. The summed E-state index contributed by atoms with van der Waals surface area (Å²) in [7, 11) is 0. The quantitative estimate of drug-likeness (QED) is 0.283. The predicted molar refractivity (Wildman–Crippen MR) is 142 cm³/mol. The fourth-order valence-corrected chi connectivity index (χ4v) is 6.03. The molecule has 2 aromatic heterocycles. The lowest BCUT2D eigenvalue weighted by molar-refractivity contribution is -0.116. The maximum absolute atomic E-state index is 12.7. The van der Waals surface area contributed by atoms with Crippen LogP contribution in [0.3, 0.4) is 0 Å². The number of aryl methyl sites for hydroxylation is 1. The van der Waals surface area contributed by atoms with Gasteiger partial charge in [-0.1, -0.05) is 49.9 Å². The summed E-state index contributed by atoms with van der Waals surface area (Å²) in [6.45, 7) is 1.78. The fourth-order valence-electron chi connectivity index (χ4n) is 5.27. The third kappa shape index (κ3) is 6.67. The van der Waals surface area contributed by atoms with Gasteiger partial charge >= 0.3 is 0 Å². The van der Waals surface area contributed by atoms with Gasteiger partial charge in [-0.15, -0.1) is 0 Å². The first-order valence-electron chi connectivity index (χ1n) is 12.8. The van der Waals surface area contributed by atoms with Crippen LogP contribution in [-0.2, 0) is 4.79 Å². The van der Waals surface area contributed by atoms with Crippen LogP contribution in [0.1, 0.15) is 85.8 Å². The smallest absolute Gasteiger partial charge is 0.225 e. The first-order chi connectivity index (χ1) is 17.5. The number of anilines is 1.